The van der Waals surface area contributed by atoms with Crippen LogP contribution in [0.1, 0.15) is 5.56 Å². The molecule has 0 saturated heterocycles. The van der Waals surface area contributed by atoms with Crippen molar-refractivity contribution in [3.8, 4) is 84.5 Å². The van der Waals surface area contributed by atoms with E-state index in [1.165, 1.54) is 70.9 Å². The van der Waals surface area contributed by atoms with Gasteiger partial charge in [0.1, 0.15) is 0 Å². The fourth-order valence-electron chi connectivity index (χ4n) is 9.51. The average molecular weight is 838 g/mol. The van der Waals surface area contributed by atoms with Crippen LogP contribution in [-0.4, -0.2) is 9.97 Å². The second-order valence-corrected chi connectivity index (χ2v) is 16.8. The van der Waals surface area contributed by atoms with Crippen LogP contribution in [0.4, 0.5) is 0 Å². The number of hydrogen-bond donors (Lipinski definition) is 0. The molecule has 0 aliphatic carbocycles. The van der Waals surface area contributed by atoms with E-state index in [4.69, 9.17) is 9.97 Å². The molecule has 12 rings (SSSR count). The van der Waals surface area contributed by atoms with E-state index in [2.05, 4.69) is 200 Å². The molecule has 1 heterocycles. The summed E-state index contributed by atoms with van der Waals surface area (Å²) in [6, 6.07) is 86.1. The first kappa shape index (κ1) is 38.7. The maximum Gasteiger partial charge on any atom is 0.160 e. The molecule has 3 heteroatoms. The van der Waals surface area contributed by atoms with Crippen LogP contribution >= 0.6 is 0 Å². The number of nitriles is 1. The zero-order valence-corrected chi connectivity index (χ0v) is 35.9. The molecule has 0 spiro atoms. The summed E-state index contributed by atoms with van der Waals surface area (Å²) in [6.07, 6.45) is 0. The zero-order valence-electron chi connectivity index (χ0n) is 35.9. The molecule has 0 aliphatic rings. The van der Waals surface area contributed by atoms with Crippen molar-refractivity contribution in [2.45, 2.75) is 0 Å². The molecule has 0 amide bonds. The summed E-state index contributed by atoms with van der Waals surface area (Å²) >= 11 is 0. The Morgan fingerprint density at radius 2 is 0.697 bits per heavy atom. The van der Waals surface area contributed by atoms with Gasteiger partial charge in [-0.05, 0) is 124 Å². The lowest BCUT2D eigenvalue weighted by Gasteiger charge is -2.15. The van der Waals surface area contributed by atoms with Gasteiger partial charge in [0.15, 0.2) is 5.82 Å². The maximum atomic E-state index is 9.25. The molecular weight excluding hydrogens is 799 g/mol. The summed E-state index contributed by atoms with van der Waals surface area (Å²) in [4.78, 5) is 10.2. The lowest BCUT2D eigenvalue weighted by molar-refractivity contribution is 1.18. The quantitative estimate of drug-likeness (QED) is 0.119. The van der Waals surface area contributed by atoms with Crippen molar-refractivity contribution < 1.29 is 0 Å². The van der Waals surface area contributed by atoms with Crippen LogP contribution in [-0.2, 0) is 0 Å². The Labute approximate surface area is 383 Å². The van der Waals surface area contributed by atoms with Gasteiger partial charge in [-0.15, -0.1) is 0 Å². The molecule has 0 N–H and O–H groups in total. The summed E-state index contributed by atoms with van der Waals surface area (Å²) in [5, 5.41) is 19.2. The van der Waals surface area contributed by atoms with Gasteiger partial charge in [-0.2, -0.15) is 5.26 Å². The van der Waals surface area contributed by atoms with Gasteiger partial charge in [0, 0.05) is 16.7 Å². The van der Waals surface area contributed by atoms with Gasteiger partial charge >= 0.3 is 0 Å². The molecule has 0 radical (unpaired) electrons. The third kappa shape index (κ3) is 7.04. The highest BCUT2D eigenvalue weighted by Gasteiger charge is 2.15. The van der Waals surface area contributed by atoms with Gasteiger partial charge in [0.05, 0.1) is 23.0 Å². The van der Waals surface area contributed by atoms with Crippen LogP contribution in [0.2, 0.25) is 0 Å². The summed E-state index contributed by atoms with van der Waals surface area (Å²) < 4.78 is 0. The number of rotatable bonds is 7. The number of benzene rings is 11. The summed E-state index contributed by atoms with van der Waals surface area (Å²) in [7, 11) is 0. The number of nitrogens with zero attached hydrogens (tertiary/aromatic N) is 3. The van der Waals surface area contributed by atoms with Crippen LogP contribution in [0.3, 0.4) is 0 Å². The highest BCUT2D eigenvalue weighted by molar-refractivity contribution is 6.17. The first-order valence-corrected chi connectivity index (χ1v) is 22.3. The van der Waals surface area contributed by atoms with Crippen molar-refractivity contribution in [3.63, 3.8) is 0 Å². The molecule has 0 unspecified atom stereocenters. The van der Waals surface area contributed by atoms with E-state index in [9.17, 15) is 5.26 Å². The molecule has 66 heavy (non-hydrogen) atoms. The highest BCUT2D eigenvalue weighted by Crippen LogP contribution is 2.40. The van der Waals surface area contributed by atoms with Crippen molar-refractivity contribution in [1.29, 1.82) is 5.26 Å². The van der Waals surface area contributed by atoms with Crippen molar-refractivity contribution in [2.24, 2.45) is 0 Å². The predicted octanol–water partition coefficient (Wildman–Crippen LogP) is 16.6. The Hall–Kier alpha value is -8.97. The normalized spacial score (nSPS) is 11.3. The van der Waals surface area contributed by atoms with Gasteiger partial charge < -0.3 is 0 Å². The minimum absolute atomic E-state index is 0.648. The van der Waals surface area contributed by atoms with E-state index in [0.717, 1.165) is 44.8 Å². The van der Waals surface area contributed by atoms with Gasteiger partial charge in [0.25, 0.3) is 0 Å². The fraction of sp³-hybridized carbons (Fsp3) is 0. The van der Waals surface area contributed by atoms with Crippen molar-refractivity contribution in [3.05, 3.63) is 242 Å². The molecule has 0 fully saturated rings. The summed E-state index contributed by atoms with van der Waals surface area (Å²) in [5.41, 5.74) is 14.6. The maximum absolute atomic E-state index is 9.25. The van der Waals surface area contributed by atoms with Gasteiger partial charge in [-0.1, -0.05) is 200 Å². The van der Waals surface area contributed by atoms with E-state index >= 15 is 0 Å². The van der Waals surface area contributed by atoms with Crippen LogP contribution in [0, 0.1) is 11.3 Å². The second-order valence-electron chi connectivity index (χ2n) is 16.8. The van der Waals surface area contributed by atoms with Crippen molar-refractivity contribution in [1.82, 2.24) is 9.97 Å². The standard InChI is InChI=1S/C63H39N3/c64-40-41-18-20-42(21-19-41)43-22-30-47(31-23-43)61-39-62(66-63(65-61)49-10-2-1-3-11-49)48-32-28-45(29-33-48)55-35-34-54(56-16-8-9-17-57(55)56)44-24-26-46(27-25-44)58-38-52-14-6-7-15-53(52)59-36-50-12-4-5-13-51(50)37-60(58)59/h1-39H. The lowest BCUT2D eigenvalue weighted by atomic mass is 9.89. The predicted molar refractivity (Wildman–Crippen MR) is 275 cm³/mol. The fourth-order valence-corrected chi connectivity index (χ4v) is 9.51. The Bertz CT molecular complexity index is 3830. The SMILES string of the molecule is N#Cc1ccc(-c2ccc(-c3cc(-c4ccc(-c5ccc(-c6ccc(-c7cc8ccccc8c8cc9ccccc9cc78)cc6)c6ccccc56)cc4)nc(-c4ccccc4)n3)cc2)cc1. The highest BCUT2D eigenvalue weighted by atomic mass is 14.9. The monoisotopic (exact) mass is 837 g/mol. The molecule has 0 atom stereocenters. The van der Waals surface area contributed by atoms with E-state index in [0.29, 0.717) is 11.4 Å². The van der Waals surface area contributed by atoms with Gasteiger partial charge in [-0.25, -0.2) is 9.97 Å². The average Bonchev–Trinajstić information content (AvgIpc) is 3.40. The zero-order chi connectivity index (χ0) is 44.0. The first-order chi connectivity index (χ1) is 32.6. The first-order valence-electron chi connectivity index (χ1n) is 22.3. The van der Waals surface area contributed by atoms with Crippen LogP contribution in [0.5, 0.6) is 0 Å². The Balaban J connectivity index is 0.875. The third-order valence-corrected chi connectivity index (χ3v) is 12.9. The molecule has 0 bridgehead atoms. The topological polar surface area (TPSA) is 49.6 Å². The second kappa shape index (κ2) is 16.3. The number of hydrogen-bond acceptors (Lipinski definition) is 3. The largest absolute Gasteiger partial charge is 0.228 e. The Morgan fingerprint density at radius 3 is 1.24 bits per heavy atom. The van der Waals surface area contributed by atoms with Crippen LogP contribution in [0.15, 0.2) is 237 Å². The molecule has 3 nitrogen and oxygen atoms in total. The molecule has 0 aliphatic heterocycles. The Morgan fingerprint density at radius 1 is 0.273 bits per heavy atom. The van der Waals surface area contributed by atoms with Gasteiger partial charge in [-0.3, -0.25) is 0 Å². The van der Waals surface area contributed by atoms with E-state index in [1.54, 1.807) is 0 Å². The lowest BCUT2D eigenvalue weighted by Crippen LogP contribution is -1.96. The molecule has 1 aromatic heterocycles. The summed E-state index contributed by atoms with van der Waals surface area (Å²) in [6.45, 7) is 0. The molecule has 306 valence electrons. The third-order valence-electron chi connectivity index (χ3n) is 12.9. The van der Waals surface area contributed by atoms with E-state index < -0.39 is 0 Å². The van der Waals surface area contributed by atoms with Crippen LogP contribution in [0.25, 0.3) is 122 Å². The molecule has 11 aromatic carbocycles. The van der Waals surface area contributed by atoms with Crippen molar-refractivity contribution >= 4 is 43.1 Å². The van der Waals surface area contributed by atoms with Gasteiger partial charge in [0.2, 0.25) is 0 Å². The molecule has 0 saturated carbocycles. The smallest absolute Gasteiger partial charge is 0.160 e. The number of aromatic nitrogens is 2. The van der Waals surface area contributed by atoms with Crippen molar-refractivity contribution in [2.75, 3.05) is 0 Å². The van der Waals surface area contributed by atoms with E-state index in [1.807, 2.05) is 42.5 Å². The van der Waals surface area contributed by atoms with Crippen LogP contribution < -0.4 is 0 Å². The Kier molecular flexibility index (Phi) is 9.55. The minimum Gasteiger partial charge on any atom is -0.228 e. The molecule has 12 aromatic rings. The minimum atomic E-state index is 0.648. The molecular formula is C63H39N3. The van der Waals surface area contributed by atoms with E-state index in [-0.39, 0.29) is 0 Å². The number of fused-ring (bicyclic) bond motifs is 5. The summed E-state index contributed by atoms with van der Waals surface area (Å²) in [5.74, 6) is 0.678.